The normalized spacial score (nSPS) is 9.93. The molecule has 0 aliphatic heterocycles. The first-order valence-electron chi connectivity index (χ1n) is 4.04. The lowest BCUT2D eigenvalue weighted by Crippen LogP contribution is -2.10. The first-order chi connectivity index (χ1) is 6.72. The first-order valence-corrected chi connectivity index (χ1v) is 4.04. The van der Waals surface area contributed by atoms with Gasteiger partial charge in [0, 0.05) is 5.39 Å². The van der Waals surface area contributed by atoms with E-state index in [-0.39, 0.29) is 0 Å². The van der Waals surface area contributed by atoms with Crippen LogP contribution in [0.4, 0.5) is 0 Å². The molecule has 0 fully saturated rings. The van der Waals surface area contributed by atoms with Crippen molar-refractivity contribution in [1.82, 2.24) is 4.98 Å². The van der Waals surface area contributed by atoms with E-state index in [1.807, 2.05) is 12.1 Å². The molecule has 0 atom stereocenters. The van der Waals surface area contributed by atoms with Gasteiger partial charge < -0.3 is 10.7 Å². The Hall–Kier alpha value is -2.28. The number of nitrogens with one attached hydrogen (secondary N) is 1. The lowest BCUT2D eigenvalue weighted by molar-refractivity contribution is 0.0996. The predicted octanol–water partition coefficient (Wildman–Crippen LogP) is 1.14. The van der Waals surface area contributed by atoms with Crippen LogP contribution in [0.15, 0.2) is 24.3 Å². The number of carbonyl (C=O) groups excluding carboxylic acids is 1. The second kappa shape index (κ2) is 2.89. The van der Waals surface area contributed by atoms with Crippen LogP contribution in [0.2, 0.25) is 0 Å². The quantitative estimate of drug-likeness (QED) is 0.698. The summed E-state index contributed by atoms with van der Waals surface area (Å²) < 4.78 is 0. The number of primary amides is 1. The number of benzene rings is 1. The zero-order chi connectivity index (χ0) is 10.1. The summed E-state index contributed by atoms with van der Waals surface area (Å²) in [6, 6.07) is 8.94. The SMILES string of the molecule is N#Cc1cccc2cc(C(N)=O)[nH]c12. The Morgan fingerprint density at radius 3 is 2.93 bits per heavy atom. The summed E-state index contributed by atoms with van der Waals surface area (Å²) >= 11 is 0. The maximum absolute atomic E-state index is 10.9. The minimum absolute atomic E-state index is 0.322. The number of rotatable bonds is 1. The molecule has 68 valence electrons. The van der Waals surface area contributed by atoms with Crippen LogP contribution in [-0.2, 0) is 0 Å². The van der Waals surface area contributed by atoms with E-state index >= 15 is 0 Å². The number of para-hydroxylation sites is 1. The summed E-state index contributed by atoms with van der Waals surface area (Å²) in [5.41, 5.74) is 6.60. The number of nitrogens with two attached hydrogens (primary N) is 1. The molecular weight excluding hydrogens is 178 g/mol. The predicted molar refractivity (Wildman–Crippen MR) is 51.5 cm³/mol. The van der Waals surface area contributed by atoms with Crippen LogP contribution < -0.4 is 5.73 Å². The second-order valence-corrected chi connectivity index (χ2v) is 2.93. The first kappa shape index (κ1) is 8.32. The highest BCUT2D eigenvalue weighted by Crippen LogP contribution is 2.18. The average molecular weight is 185 g/mol. The molecule has 0 spiro atoms. The van der Waals surface area contributed by atoms with E-state index in [0.717, 1.165) is 5.39 Å². The molecule has 1 amide bonds. The van der Waals surface area contributed by atoms with E-state index < -0.39 is 5.91 Å². The van der Waals surface area contributed by atoms with Crippen molar-refractivity contribution in [2.24, 2.45) is 5.73 Å². The number of nitriles is 1. The number of H-pyrrole nitrogens is 1. The average Bonchev–Trinajstić information content (AvgIpc) is 2.60. The summed E-state index contributed by atoms with van der Waals surface area (Å²) in [5, 5.41) is 9.61. The highest BCUT2D eigenvalue weighted by atomic mass is 16.1. The minimum Gasteiger partial charge on any atom is -0.364 e. The van der Waals surface area contributed by atoms with E-state index in [2.05, 4.69) is 4.98 Å². The minimum atomic E-state index is -0.523. The van der Waals surface area contributed by atoms with E-state index in [1.54, 1.807) is 18.2 Å². The lowest BCUT2D eigenvalue weighted by Gasteiger charge is -1.90. The molecule has 2 aromatic rings. The van der Waals surface area contributed by atoms with Crippen molar-refractivity contribution in [2.45, 2.75) is 0 Å². The van der Waals surface area contributed by atoms with Gasteiger partial charge in [0.2, 0.25) is 0 Å². The molecule has 3 N–H and O–H groups in total. The van der Waals surface area contributed by atoms with Crippen molar-refractivity contribution in [3.05, 3.63) is 35.5 Å². The summed E-state index contributed by atoms with van der Waals surface area (Å²) in [4.78, 5) is 13.7. The standard InChI is InChI=1S/C10H7N3O/c11-5-7-3-1-2-6-4-8(10(12)14)13-9(6)7/h1-4,13H,(H2,12,14). The fourth-order valence-electron chi connectivity index (χ4n) is 1.38. The summed E-state index contributed by atoms with van der Waals surface area (Å²) in [6.07, 6.45) is 0. The van der Waals surface area contributed by atoms with E-state index in [1.165, 1.54) is 0 Å². The fourth-order valence-corrected chi connectivity index (χ4v) is 1.38. The Morgan fingerprint density at radius 1 is 1.50 bits per heavy atom. The molecule has 0 unspecified atom stereocenters. The van der Waals surface area contributed by atoms with Crippen molar-refractivity contribution < 1.29 is 4.79 Å². The van der Waals surface area contributed by atoms with Gasteiger partial charge in [-0.15, -0.1) is 0 Å². The van der Waals surface area contributed by atoms with Crippen LogP contribution in [0.1, 0.15) is 16.1 Å². The van der Waals surface area contributed by atoms with Crippen molar-refractivity contribution in [2.75, 3.05) is 0 Å². The van der Waals surface area contributed by atoms with Crippen LogP contribution in [0.3, 0.4) is 0 Å². The number of hydrogen-bond donors (Lipinski definition) is 2. The topological polar surface area (TPSA) is 82.7 Å². The molecule has 4 nitrogen and oxygen atoms in total. The van der Waals surface area contributed by atoms with E-state index in [0.29, 0.717) is 16.8 Å². The number of fused-ring (bicyclic) bond motifs is 1. The zero-order valence-electron chi connectivity index (χ0n) is 7.24. The molecule has 0 aliphatic rings. The molecular formula is C10H7N3O. The highest BCUT2D eigenvalue weighted by molar-refractivity contribution is 5.98. The molecule has 4 heteroatoms. The Balaban J connectivity index is 2.78. The third kappa shape index (κ3) is 1.12. The zero-order valence-corrected chi connectivity index (χ0v) is 7.24. The Kier molecular flexibility index (Phi) is 1.72. The Morgan fingerprint density at radius 2 is 2.29 bits per heavy atom. The lowest BCUT2D eigenvalue weighted by atomic mass is 10.2. The van der Waals surface area contributed by atoms with Crippen LogP contribution in [-0.4, -0.2) is 10.9 Å². The maximum Gasteiger partial charge on any atom is 0.265 e. The van der Waals surface area contributed by atoms with Crippen LogP contribution in [0.25, 0.3) is 10.9 Å². The molecule has 0 saturated carbocycles. The van der Waals surface area contributed by atoms with Crippen molar-refractivity contribution in [1.29, 1.82) is 5.26 Å². The number of amides is 1. The number of aromatic nitrogens is 1. The second-order valence-electron chi connectivity index (χ2n) is 2.93. The van der Waals surface area contributed by atoms with Gasteiger partial charge in [-0.05, 0) is 12.1 Å². The Labute approximate surface area is 79.9 Å². The molecule has 0 aliphatic carbocycles. The molecule has 0 radical (unpaired) electrons. The third-order valence-corrected chi connectivity index (χ3v) is 2.04. The van der Waals surface area contributed by atoms with Crippen LogP contribution in [0.5, 0.6) is 0 Å². The largest absolute Gasteiger partial charge is 0.364 e. The van der Waals surface area contributed by atoms with Gasteiger partial charge in [0.05, 0.1) is 11.1 Å². The summed E-state index contributed by atoms with van der Waals surface area (Å²) in [5.74, 6) is -0.523. The maximum atomic E-state index is 10.9. The van der Waals surface area contributed by atoms with Gasteiger partial charge >= 0.3 is 0 Å². The molecule has 0 saturated heterocycles. The molecule has 1 heterocycles. The summed E-state index contributed by atoms with van der Waals surface area (Å²) in [7, 11) is 0. The number of carbonyl (C=O) groups is 1. The van der Waals surface area contributed by atoms with Crippen LogP contribution in [0, 0.1) is 11.3 Å². The van der Waals surface area contributed by atoms with Gasteiger partial charge in [0.15, 0.2) is 0 Å². The van der Waals surface area contributed by atoms with Gasteiger partial charge in [-0.2, -0.15) is 5.26 Å². The monoisotopic (exact) mass is 185 g/mol. The summed E-state index contributed by atoms with van der Waals surface area (Å²) in [6.45, 7) is 0. The van der Waals surface area contributed by atoms with Gasteiger partial charge in [0.25, 0.3) is 5.91 Å². The van der Waals surface area contributed by atoms with Crippen molar-refractivity contribution >= 4 is 16.8 Å². The van der Waals surface area contributed by atoms with Crippen molar-refractivity contribution in [3.63, 3.8) is 0 Å². The molecule has 0 bridgehead atoms. The van der Waals surface area contributed by atoms with E-state index in [4.69, 9.17) is 11.0 Å². The molecule has 14 heavy (non-hydrogen) atoms. The third-order valence-electron chi connectivity index (χ3n) is 2.04. The molecule has 2 rings (SSSR count). The Bertz CT molecular complexity index is 548. The highest BCUT2D eigenvalue weighted by Gasteiger charge is 2.07. The van der Waals surface area contributed by atoms with Gasteiger partial charge in [-0.3, -0.25) is 4.79 Å². The smallest absolute Gasteiger partial charge is 0.265 e. The van der Waals surface area contributed by atoms with Gasteiger partial charge in [-0.1, -0.05) is 12.1 Å². The van der Waals surface area contributed by atoms with E-state index in [9.17, 15) is 4.79 Å². The van der Waals surface area contributed by atoms with Gasteiger partial charge in [0.1, 0.15) is 11.8 Å². The van der Waals surface area contributed by atoms with Crippen molar-refractivity contribution in [3.8, 4) is 6.07 Å². The van der Waals surface area contributed by atoms with Crippen LogP contribution >= 0.6 is 0 Å². The molecule has 1 aromatic heterocycles. The number of nitrogens with zero attached hydrogens (tertiary/aromatic N) is 1. The number of aromatic amines is 1. The fraction of sp³-hybridized carbons (Fsp3) is 0. The van der Waals surface area contributed by atoms with Gasteiger partial charge in [-0.25, -0.2) is 0 Å². The number of hydrogen-bond acceptors (Lipinski definition) is 2. The molecule has 1 aromatic carbocycles.